The third-order valence-corrected chi connectivity index (χ3v) is 4.04. The van der Waals surface area contributed by atoms with Gasteiger partial charge in [0.1, 0.15) is 0 Å². The first-order chi connectivity index (χ1) is 9.42. The van der Waals surface area contributed by atoms with Crippen molar-refractivity contribution < 1.29 is 4.79 Å². The van der Waals surface area contributed by atoms with Crippen molar-refractivity contribution in [3.05, 3.63) is 44.6 Å². The minimum atomic E-state index is -0.185. The van der Waals surface area contributed by atoms with Crippen LogP contribution in [-0.2, 0) is 13.5 Å². The summed E-state index contributed by atoms with van der Waals surface area (Å²) in [6.07, 6.45) is 2.43. The molecule has 1 N–H and O–H groups in total. The highest BCUT2D eigenvalue weighted by atomic mass is 79.9. The molecular formula is C14H15BrClN3O. The maximum atomic E-state index is 12.3. The Morgan fingerprint density at radius 2 is 2.20 bits per heavy atom. The Bertz CT molecular complexity index is 667. The van der Waals surface area contributed by atoms with Crippen LogP contribution in [0.15, 0.2) is 22.8 Å². The molecule has 0 saturated heterocycles. The van der Waals surface area contributed by atoms with E-state index in [0.29, 0.717) is 22.7 Å². The van der Waals surface area contributed by atoms with Crippen LogP contribution < -0.4 is 5.32 Å². The normalized spacial score (nSPS) is 10.7. The molecule has 0 aliphatic heterocycles. The SMILES string of the molecule is CCc1nn(C)cc1C(=O)Nc1cc(Cl)c(C)cc1Br. The summed E-state index contributed by atoms with van der Waals surface area (Å²) in [6, 6.07) is 3.61. The van der Waals surface area contributed by atoms with Crippen LogP contribution >= 0.6 is 27.5 Å². The Hall–Kier alpha value is -1.33. The molecule has 2 aromatic rings. The van der Waals surface area contributed by atoms with Gasteiger partial charge in [-0.05, 0) is 47.0 Å². The Morgan fingerprint density at radius 1 is 1.50 bits per heavy atom. The van der Waals surface area contributed by atoms with E-state index < -0.39 is 0 Å². The molecule has 0 spiro atoms. The predicted molar refractivity (Wildman–Crippen MR) is 84.4 cm³/mol. The second-order valence-electron chi connectivity index (χ2n) is 4.55. The van der Waals surface area contributed by atoms with Crippen LogP contribution in [0.2, 0.25) is 5.02 Å². The molecule has 0 saturated carbocycles. The number of halogens is 2. The van der Waals surface area contributed by atoms with Gasteiger partial charge in [0.05, 0.1) is 16.9 Å². The Morgan fingerprint density at radius 3 is 2.85 bits per heavy atom. The van der Waals surface area contributed by atoms with Gasteiger partial charge < -0.3 is 5.32 Å². The number of nitrogens with one attached hydrogen (secondary N) is 1. The topological polar surface area (TPSA) is 46.9 Å². The van der Waals surface area contributed by atoms with E-state index in [1.165, 1.54) is 0 Å². The van der Waals surface area contributed by atoms with E-state index >= 15 is 0 Å². The maximum absolute atomic E-state index is 12.3. The predicted octanol–water partition coefficient (Wildman–Crippen LogP) is 3.96. The first-order valence-corrected chi connectivity index (χ1v) is 7.39. The highest BCUT2D eigenvalue weighted by Gasteiger charge is 2.16. The first-order valence-electron chi connectivity index (χ1n) is 6.22. The maximum Gasteiger partial charge on any atom is 0.259 e. The van der Waals surface area contributed by atoms with Crippen LogP contribution in [0.5, 0.6) is 0 Å². The number of nitrogens with zero attached hydrogens (tertiary/aromatic N) is 2. The van der Waals surface area contributed by atoms with Gasteiger partial charge in [-0.1, -0.05) is 18.5 Å². The van der Waals surface area contributed by atoms with E-state index in [0.717, 1.165) is 15.7 Å². The van der Waals surface area contributed by atoms with Gasteiger partial charge in [-0.2, -0.15) is 5.10 Å². The van der Waals surface area contributed by atoms with Crippen LogP contribution in [0.1, 0.15) is 28.5 Å². The van der Waals surface area contributed by atoms with Crippen LogP contribution in [0.25, 0.3) is 0 Å². The van der Waals surface area contributed by atoms with Gasteiger partial charge >= 0.3 is 0 Å². The Labute approximate surface area is 131 Å². The van der Waals surface area contributed by atoms with Gasteiger partial charge in [0, 0.05) is 22.7 Å². The van der Waals surface area contributed by atoms with E-state index in [2.05, 4.69) is 26.3 Å². The van der Waals surface area contributed by atoms with Gasteiger partial charge in [0.25, 0.3) is 5.91 Å². The summed E-state index contributed by atoms with van der Waals surface area (Å²) in [5.74, 6) is -0.185. The van der Waals surface area contributed by atoms with Crippen LogP contribution in [0, 0.1) is 6.92 Å². The summed E-state index contributed by atoms with van der Waals surface area (Å²) in [4.78, 5) is 12.3. The number of aryl methyl sites for hydroxylation is 3. The van der Waals surface area contributed by atoms with Crippen molar-refractivity contribution in [1.82, 2.24) is 9.78 Å². The molecule has 2 rings (SSSR count). The summed E-state index contributed by atoms with van der Waals surface area (Å²) in [5, 5.41) is 7.74. The van der Waals surface area contributed by atoms with Crippen LogP contribution in [-0.4, -0.2) is 15.7 Å². The number of carbonyl (C=O) groups is 1. The lowest BCUT2D eigenvalue weighted by atomic mass is 10.2. The number of carbonyl (C=O) groups excluding carboxylic acids is 1. The van der Waals surface area contributed by atoms with Crippen molar-refractivity contribution in [2.45, 2.75) is 20.3 Å². The fourth-order valence-corrected chi connectivity index (χ4v) is 2.64. The van der Waals surface area contributed by atoms with Crippen LogP contribution in [0.4, 0.5) is 5.69 Å². The molecule has 1 heterocycles. The monoisotopic (exact) mass is 355 g/mol. The number of hydrogen-bond donors (Lipinski definition) is 1. The summed E-state index contributed by atoms with van der Waals surface area (Å²) in [5.41, 5.74) is 2.96. The molecule has 0 fully saturated rings. The van der Waals surface area contributed by atoms with Gasteiger partial charge in [0.2, 0.25) is 0 Å². The quantitative estimate of drug-likeness (QED) is 0.905. The minimum Gasteiger partial charge on any atom is -0.321 e. The van der Waals surface area contributed by atoms with Crippen molar-refractivity contribution in [3.8, 4) is 0 Å². The molecule has 0 unspecified atom stereocenters. The van der Waals surface area contributed by atoms with Crippen molar-refractivity contribution >= 4 is 39.1 Å². The van der Waals surface area contributed by atoms with Crippen molar-refractivity contribution in [3.63, 3.8) is 0 Å². The molecule has 0 atom stereocenters. The largest absolute Gasteiger partial charge is 0.321 e. The third-order valence-electron chi connectivity index (χ3n) is 2.98. The lowest BCUT2D eigenvalue weighted by Crippen LogP contribution is -2.13. The molecule has 1 aromatic heterocycles. The van der Waals surface area contributed by atoms with Crippen molar-refractivity contribution in [2.24, 2.45) is 7.05 Å². The Balaban J connectivity index is 2.30. The highest BCUT2D eigenvalue weighted by molar-refractivity contribution is 9.10. The summed E-state index contributed by atoms with van der Waals surface area (Å²) >= 11 is 9.52. The fourth-order valence-electron chi connectivity index (χ4n) is 1.92. The summed E-state index contributed by atoms with van der Waals surface area (Å²) in [7, 11) is 1.80. The molecule has 1 aromatic carbocycles. The first kappa shape index (κ1) is 15.1. The van der Waals surface area contributed by atoms with E-state index in [1.54, 1.807) is 24.0 Å². The molecule has 0 aliphatic carbocycles. The molecule has 0 aliphatic rings. The zero-order valence-electron chi connectivity index (χ0n) is 11.5. The lowest BCUT2D eigenvalue weighted by molar-refractivity contribution is 0.102. The lowest BCUT2D eigenvalue weighted by Gasteiger charge is -2.09. The average molecular weight is 357 g/mol. The highest BCUT2D eigenvalue weighted by Crippen LogP contribution is 2.29. The Kier molecular flexibility index (Phi) is 4.50. The number of anilines is 1. The second kappa shape index (κ2) is 5.97. The van der Waals surface area contributed by atoms with Crippen LogP contribution in [0.3, 0.4) is 0 Å². The number of rotatable bonds is 3. The number of benzene rings is 1. The molecule has 20 heavy (non-hydrogen) atoms. The van der Waals surface area contributed by atoms with Gasteiger partial charge in [-0.15, -0.1) is 0 Å². The molecular weight excluding hydrogens is 342 g/mol. The number of hydrogen-bond acceptors (Lipinski definition) is 2. The summed E-state index contributed by atoms with van der Waals surface area (Å²) < 4.78 is 2.44. The van der Waals surface area contributed by atoms with Gasteiger partial charge in [0.15, 0.2) is 0 Å². The number of aromatic nitrogens is 2. The molecule has 0 radical (unpaired) electrons. The van der Waals surface area contributed by atoms with E-state index in [-0.39, 0.29) is 5.91 Å². The van der Waals surface area contributed by atoms with Crippen molar-refractivity contribution in [2.75, 3.05) is 5.32 Å². The molecule has 6 heteroatoms. The average Bonchev–Trinajstić information content (AvgIpc) is 2.77. The van der Waals surface area contributed by atoms with E-state index in [4.69, 9.17) is 11.6 Å². The molecule has 106 valence electrons. The van der Waals surface area contributed by atoms with E-state index in [1.807, 2.05) is 19.9 Å². The third kappa shape index (κ3) is 3.04. The van der Waals surface area contributed by atoms with E-state index in [9.17, 15) is 4.79 Å². The molecule has 4 nitrogen and oxygen atoms in total. The fraction of sp³-hybridized carbons (Fsp3) is 0.286. The smallest absolute Gasteiger partial charge is 0.259 e. The second-order valence-corrected chi connectivity index (χ2v) is 5.81. The zero-order chi connectivity index (χ0) is 14.9. The summed E-state index contributed by atoms with van der Waals surface area (Å²) in [6.45, 7) is 3.88. The standard InChI is InChI=1S/C14H15BrClN3O/c1-4-12-9(7-19(3)18-12)14(20)17-13-6-11(16)8(2)5-10(13)15/h5-7H,4H2,1-3H3,(H,17,20). The zero-order valence-corrected chi connectivity index (χ0v) is 13.8. The van der Waals surface area contributed by atoms with Gasteiger partial charge in [-0.3, -0.25) is 9.48 Å². The van der Waals surface area contributed by atoms with Gasteiger partial charge in [-0.25, -0.2) is 0 Å². The molecule has 0 bridgehead atoms. The van der Waals surface area contributed by atoms with Crippen molar-refractivity contribution in [1.29, 1.82) is 0 Å². The number of amides is 1. The minimum absolute atomic E-state index is 0.185. The molecule has 1 amide bonds.